The van der Waals surface area contributed by atoms with Crippen molar-refractivity contribution in [2.75, 3.05) is 13.1 Å². The highest BCUT2D eigenvalue weighted by Crippen LogP contribution is 2.13. The van der Waals surface area contributed by atoms with Crippen LogP contribution in [0, 0.1) is 0 Å². The summed E-state index contributed by atoms with van der Waals surface area (Å²) in [6.45, 7) is 1.62. The standard InChI is InChI=1S/C5H9NO.C2HF3O2/c7-5-2-1-3-6-4-5;3-2(4,5)1(6)7/h6H,1-4H2;(H,6,7). The van der Waals surface area contributed by atoms with E-state index < -0.39 is 12.1 Å². The minimum atomic E-state index is -5.08. The van der Waals surface area contributed by atoms with Crippen LogP contribution < -0.4 is 5.32 Å². The zero-order chi connectivity index (χ0) is 11.2. The molecule has 0 bridgehead atoms. The summed E-state index contributed by atoms with van der Waals surface area (Å²) in [6.07, 6.45) is -3.27. The summed E-state index contributed by atoms with van der Waals surface area (Å²) in [4.78, 5) is 19.3. The molecule has 0 aromatic heterocycles. The first-order chi connectivity index (χ1) is 6.34. The van der Waals surface area contributed by atoms with Gasteiger partial charge in [-0.2, -0.15) is 13.2 Å². The Morgan fingerprint density at radius 1 is 1.43 bits per heavy atom. The lowest BCUT2D eigenvalue weighted by Gasteiger charge is -2.08. The number of ketones is 1. The first-order valence-corrected chi connectivity index (χ1v) is 3.86. The van der Waals surface area contributed by atoms with Gasteiger partial charge in [0, 0.05) is 6.42 Å². The van der Waals surface area contributed by atoms with Crippen molar-refractivity contribution in [3.63, 3.8) is 0 Å². The lowest BCUT2D eigenvalue weighted by Crippen LogP contribution is -2.29. The molecule has 1 fully saturated rings. The Kier molecular flexibility index (Phi) is 5.14. The summed E-state index contributed by atoms with van der Waals surface area (Å²) in [5.41, 5.74) is 0. The van der Waals surface area contributed by atoms with Crippen molar-refractivity contribution in [1.29, 1.82) is 0 Å². The van der Waals surface area contributed by atoms with Crippen LogP contribution in [0.4, 0.5) is 13.2 Å². The van der Waals surface area contributed by atoms with E-state index >= 15 is 0 Å². The van der Waals surface area contributed by atoms with Crippen molar-refractivity contribution < 1.29 is 27.9 Å². The number of carboxylic acids is 1. The zero-order valence-electron chi connectivity index (χ0n) is 7.23. The Hall–Kier alpha value is -1.11. The third-order valence-corrected chi connectivity index (χ3v) is 1.37. The third kappa shape index (κ3) is 6.41. The van der Waals surface area contributed by atoms with Gasteiger partial charge in [-0.3, -0.25) is 4.79 Å². The Bertz CT molecular complexity index is 207. The van der Waals surface area contributed by atoms with E-state index in [0.29, 0.717) is 12.3 Å². The molecule has 0 aromatic carbocycles. The molecule has 1 aliphatic heterocycles. The number of rotatable bonds is 0. The van der Waals surface area contributed by atoms with Gasteiger partial charge in [0.05, 0.1) is 6.54 Å². The molecule has 0 saturated carbocycles. The summed E-state index contributed by atoms with van der Waals surface area (Å²) in [6, 6.07) is 0. The van der Waals surface area contributed by atoms with Crippen LogP contribution in [0.15, 0.2) is 0 Å². The summed E-state index contributed by atoms with van der Waals surface area (Å²) in [5, 5.41) is 10.1. The van der Waals surface area contributed by atoms with Crippen LogP contribution in [-0.4, -0.2) is 36.1 Å². The minimum Gasteiger partial charge on any atom is -0.475 e. The molecule has 0 radical (unpaired) electrons. The monoisotopic (exact) mass is 213 g/mol. The molecular weight excluding hydrogens is 203 g/mol. The van der Waals surface area contributed by atoms with Gasteiger partial charge in [0.2, 0.25) is 0 Å². The van der Waals surface area contributed by atoms with E-state index in [4.69, 9.17) is 9.90 Å². The molecule has 0 unspecified atom stereocenters. The predicted octanol–water partition coefficient (Wildman–Crippen LogP) is 0.572. The maximum Gasteiger partial charge on any atom is 0.490 e. The van der Waals surface area contributed by atoms with Crippen LogP contribution in [0.5, 0.6) is 0 Å². The number of piperidine rings is 1. The van der Waals surface area contributed by atoms with E-state index in [1.165, 1.54) is 0 Å². The number of carbonyl (C=O) groups is 2. The molecule has 1 aliphatic rings. The largest absolute Gasteiger partial charge is 0.490 e. The number of aliphatic carboxylic acids is 1. The van der Waals surface area contributed by atoms with Crippen molar-refractivity contribution in [3.8, 4) is 0 Å². The quantitative estimate of drug-likeness (QED) is 0.617. The molecular formula is C7H10F3NO3. The molecule has 0 atom stereocenters. The van der Waals surface area contributed by atoms with Gasteiger partial charge in [-0.15, -0.1) is 0 Å². The van der Waals surface area contributed by atoms with Gasteiger partial charge in [0.25, 0.3) is 0 Å². The normalized spacial score (nSPS) is 16.9. The van der Waals surface area contributed by atoms with Crippen LogP contribution in [0.25, 0.3) is 0 Å². The molecule has 0 aliphatic carbocycles. The molecule has 4 nitrogen and oxygen atoms in total. The molecule has 0 aromatic rings. The SMILES string of the molecule is O=C(O)C(F)(F)F.O=C1CCCNC1. The van der Waals surface area contributed by atoms with Crippen LogP contribution in [0.1, 0.15) is 12.8 Å². The van der Waals surface area contributed by atoms with E-state index in [1.54, 1.807) is 0 Å². The van der Waals surface area contributed by atoms with E-state index in [9.17, 15) is 18.0 Å². The topological polar surface area (TPSA) is 66.4 Å². The van der Waals surface area contributed by atoms with Crippen LogP contribution >= 0.6 is 0 Å². The number of halogens is 3. The Balaban J connectivity index is 0.000000241. The zero-order valence-corrected chi connectivity index (χ0v) is 7.23. The number of hydrogen-bond acceptors (Lipinski definition) is 3. The van der Waals surface area contributed by atoms with E-state index in [1.807, 2.05) is 0 Å². The Labute approximate surface area is 78.1 Å². The highest BCUT2D eigenvalue weighted by atomic mass is 19.4. The van der Waals surface area contributed by atoms with Gasteiger partial charge in [0.15, 0.2) is 0 Å². The van der Waals surface area contributed by atoms with Gasteiger partial charge in [-0.05, 0) is 13.0 Å². The van der Waals surface area contributed by atoms with Crippen molar-refractivity contribution in [2.45, 2.75) is 19.0 Å². The molecule has 0 spiro atoms. The first-order valence-electron chi connectivity index (χ1n) is 3.86. The number of carbonyl (C=O) groups excluding carboxylic acids is 1. The number of carboxylic acid groups (broad SMARTS) is 1. The fourth-order valence-corrected chi connectivity index (χ4v) is 0.727. The van der Waals surface area contributed by atoms with Crippen molar-refractivity contribution >= 4 is 11.8 Å². The van der Waals surface area contributed by atoms with Crippen molar-refractivity contribution in [2.24, 2.45) is 0 Å². The molecule has 2 N–H and O–H groups in total. The molecule has 82 valence electrons. The lowest BCUT2D eigenvalue weighted by atomic mass is 10.1. The summed E-state index contributed by atoms with van der Waals surface area (Å²) in [5.74, 6) is -2.40. The Morgan fingerprint density at radius 3 is 2.07 bits per heavy atom. The first kappa shape index (κ1) is 12.9. The smallest absolute Gasteiger partial charge is 0.475 e. The van der Waals surface area contributed by atoms with Gasteiger partial charge in [0.1, 0.15) is 5.78 Å². The summed E-state index contributed by atoms with van der Waals surface area (Å²) in [7, 11) is 0. The number of hydrogen-bond donors (Lipinski definition) is 2. The molecule has 1 rings (SSSR count). The second-order valence-corrected chi connectivity index (χ2v) is 2.62. The van der Waals surface area contributed by atoms with Gasteiger partial charge in [-0.1, -0.05) is 0 Å². The van der Waals surface area contributed by atoms with Gasteiger partial charge >= 0.3 is 12.1 Å². The molecule has 1 heterocycles. The van der Waals surface area contributed by atoms with Crippen LogP contribution in [-0.2, 0) is 9.59 Å². The lowest BCUT2D eigenvalue weighted by molar-refractivity contribution is -0.192. The Morgan fingerprint density at radius 2 is 1.93 bits per heavy atom. The van der Waals surface area contributed by atoms with Crippen molar-refractivity contribution in [3.05, 3.63) is 0 Å². The maximum atomic E-state index is 10.6. The second kappa shape index (κ2) is 5.58. The van der Waals surface area contributed by atoms with E-state index in [2.05, 4.69) is 5.32 Å². The predicted molar refractivity (Wildman–Crippen MR) is 40.8 cm³/mol. The highest BCUT2D eigenvalue weighted by Gasteiger charge is 2.38. The number of Topliss-reactive ketones (excluding diaryl/α,β-unsaturated/α-hetero) is 1. The molecule has 7 heteroatoms. The van der Waals surface area contributed by atoms with Crippen molar-refractivity contribution in [1.82, 2.24) is 5.32 Å². The minimum absolute atomic E-state index is 0.353. The average molecular weight is 213 g/mol. The van der Waals surface area contributed by atoms with Gasteiger partial charge < -0.3 is 10.4 Å². The van der Waals surface area contributed by atoms with Gasteiger partial charge in [-0.25, -0.2) is 4.79 Å². The number of alkyl halides is 3. The summed E-state index contributed by atoms with van der Waals surface area (Å²) < 4.78 is 31.7. The van der Waals surface area contributed by atoms with E-state index in [-0.39, 0.29) is 0 Å². The molecule has 14 heavy (non-hydrogen) atoms. The average Bonchev–Trinajstić information content (AvgIpc) is 2.04. The molecule has 1 saturated heterocycles. The maximum absolute atomic E-state index is 10.6. The van der Waals surface area contributed by atoms with Crippen LogP contribution in [0.3, 0.4) is 0 Å². The fraction of sp³-hybridized carbons (Fsp3) is 0.714. The fourth-order valence-electron chi connectivity index (χ4n) is 0.727. The third-order valence-electron chi connectivity index (χ3n) is 1.37. The van der Waals surface area contributed by atoms with E-state index in [0.717, 1.165) is 19.4 Å². The summed E-state index contributed by atoms with van der Waals surface area (Å²) >= 11 is 0. The molecule has 0 amide bonds. The van der Waals surface area contributed by atoms with Crippen LogP contribution in [0.2, 0.25) is 0 Å². The number of nitrogens with one attached hydrogen (secondary N) is 1. The highest BCUT2D eigenvalue weighted by molar-refractivity contribution is 5.80. The second-order valence-electron chi connectivity index (χ2n) is 2.62.